The van der Waals surface area contributed by atoms with Gasteiger partial charge < -0.3 is 14.0 Å². The molecule has 1 aliphatic heterocycles. The van der Waals surface area contributed by atoms with Crippen LogP contribution in [0.25, 0.3) is 0 Å². The van der Waals surface area contributed by atoms with Crippen LogP contribution in [0.4, 0.5) is 0 Å². The van der Waals surface area contributed by atoms with E-state index in [-0.39, 0.29) is 5.88 Å². The predicted octanol–water partition coefficient (Wildman–Crippen LogP) is 0.784. The molecule has 1 fully saturated rings. The summed E-state index contributed by atoms with van der Waals surface area (Å²) in [5, 5.41) is 0. The molecule has 1 aromatic heterocycles. The van der Waals surface area contributed by atoms with E-state index < -0.39 is 25.4 Å². The molecule has 6 heteroatoms. The third-order valence-corrected chi connectivity index (χ3v) is 3.25. The summed E-state index contributed by atoms with van der Waals surface area (Å²) in [6, 6.07) is 0. The molecule has 17 heavy (non-hydrogen) atoms. The molecule has 2 rings (SSSR count). The van der Waals surface area contributed by atoms with Crippen molar-refractivity contribution in [2.45, 2.75) is 38.9 Å². The van der Waals surface area contributed by atoms with E-state index in [2.05, 4.69) is 14.7 Å². The number of methoxy groups -OCH3 is 1. The highest BCUT2D eigenvalue weighted by atomic mass is 16.7. The summed E-state index contributed by atoms with van der Waals surface area (Å²) in [7, 11) is -3.17. The van der Waals surface area contributed by atoms with Gasteiger partial charge in [-0.3, -0.25) is 4.98 Å². The minimum Gasteiger partial charge on any atom is -0.480 e. The smallest absolute Gasteiger partial charge is 0.480 e. The molecule has 1 saturated heterocycles. The van der Waals surface area contributed by atoms with Crippen LogP contribution in [-0.4, -0.2) is 35.3 Å². The van der Waals surface area contributed by atoms with Crippen molar-refractivity contribution < 1.29 is 18.2 Å². The lowest BCUT2D eigenvalue weighted by molar-refractivity contribution is 0.00578. The van der Waals surface area contributed by atoms with Crippen molar-refractivity contribution in [2.24, 2.45) is 0 Å². The second-order valence-corrected chi connectivity index (χ2v) is 4.97. The number of ether oxygens (including phenoxy) is 1. The van der Waals surface area contributed by atoms with Crippen molar-refractivity contribution in [3.63, 3.8) is 0 Å². The molecule has 0 aromatic carbocycles. The molecule has 92 valence electrons. The Kier molecular flexibility index (Phi) is 2.07. The van der Waals surface area contributed by atoms with Crippen LogP contribution in [0, 0.1) is 0 Å². The first kappa shape index (κ1) is 8.88. The summed E-state index contributed by atoms with van der Waals surface area (Å²) in [4.78, 5) is 7.99. The van der Waals surface area contributed by atoms with Crippen LogP contribution in [0.2, 0.25) is 0 Å². The number of nitrogens with zero attached hydrogens (tertiary/aromatic N) is 2. The van der Waals surface area contributed by atoms with Gasteiger partial charge in [0.25, 0.3) is 0 Å². The quantitative estimate of drug-likeness (QED) is 0.565. The number of hydrogen-bond acceptors (Lipinski definition) is 5. The minimum atomic E-state index is -2.54. The molecule has 0 spiro atoms. The Morgan fingerprint density at radius 1 is 1.18 bits per heavy atom. The zero-order valence-electron chi connectivity index (χ0n) is 13.4. The molecule has 1 aromatic rings. The maximum atomic E-state index is 6.99. The van der Waals surface area contributed by atoms with Crippen LogP contribution in [0.1, 0.15) is 31.8 Å². The first-order valence-corrected chi connectivity index (χ1v) is 5.37. The summed E-state index contributed by atoms with van der Waals surface area (Å²) in [6.45, 7) is 7.75. The molecule has 5 nitrogen and oxygen atoms in total. The van der Waals surface area contributed by atoms with Gasteiger partial charge in [-0.1, -0.05) is 0 Å². The topological polar surface area (TPSA) is 53.5 Å². The van der Waals surface area contributed by atoms with E-state index in [9.17, 15) is 0 Å². The fourth-order valence-electron chi connectivity index (χ4n) is 1.46. The highest BCUT2D eigenvalue weighted by Gasteiger charge is 2.52. The second-order valence-electron chi connectivity index (χ2n) is 4.97. The third kappa shape index (κ3) is 2.15. The zero-order valence-corrected chi connectivity index (χ0v) is 10.4. The van der Waals surface area contributed by atoms with Gasteiger partial charge in [0.1, 0.15) is 0 Å². The Morgan fingerprint density at radius 2 is 1.82 bits per heavy atom. The fraction of sp³-hybridized carbons (Fsp3) is 0.636. The molecule has 0 N–H and O–H groups in total. The second kappa shape index (κ2) is 3.96. The summed E-state index contributed by atoms with van der Waals surface area (Å²) >= 11 is 0. The van der Waals surface area contributed by atoms with Crippen LogP contribution >= 0.6 is 0 Å². The number of aromatic nitrogens is 2. The molecular weight excluding hydrogens is 220 g/mol. The van der Waals surface area contributed by atoms with Gasteiger partial charge in [-0.2, -0.15) is 0 Å². The maximum absolute atomic E-state index is 6.99. The van der Waals surface area contributed by atoms with E-state index in [0.29, 0.717) is 5.59 Å². The van der Waals surface area contributed by atoms with Gasteiger partial charge in [0, 0.05) is 6.20 Å². The van der Waals surface area contributed by atoms with Gasteiger partial charge >= 0.3 is 7.12 Å². The molecule has 0 amide bonds. The third-order valence-electron chi connectivity index (χ3n) is 3.25. The Bertz CT molecular complexity index is 475. The van der Waals surface area contributed by atoms with Crippen LogP contribution in [0.5, 0.6) is 5.88 Å². The number of rotatable bonds is 2. The van der Waals surface area contributed by atoms with Crippen molar-refractivity contribution >= 4 is 12.7 Å². The normalized spacial score (nSPS) is 24.9. The van der Waals surface area contributed by atoms with E-state index in [0.717, 1.165) is 0 Å². The van der Waals surface area contributed by atoms with E-state index >= 15 is 0 Å². The SMILES string of the molecule is [2H][13C]([2H])([2H])Oc1cnc(B2OC(C)(C)C(C)(C)O2)cn1. The van der Waals surface area contributed by atoms with Gasteiger partial charge in [0.2, 0.25) is 5.88 Å². The first-order valence-electron chi connectivity index (χ1n) is 6.87. The minimum absolute atomic E-state index is 0.0646. The van der Waals surface area contributed by atoms with Crippen molar-refractivity contribution in [3.05, 3.63) is 12.4 Å². The van der Waals surface area contributed by atoms with E-state index in [1.807, 2.05) is 27.7 Å². The standard InChI is InChI=1S/C11H17BN2O3/c1-10(2)11(3,4)17-12(16-10)8-6-14-9(15-5)7-13-8/h6-7H,1-5H3/i5+1D3. The highest BCUT2D eigenvalue weighted by molar-refractivity contribution is 6.61. The lowest BCUT2D eigenvalue weighted by atomic mass is 9.85. The Morgan fingerprint density at radius 3 is 2.29 bits per heavy atom. The van der Waals surface area contributed by atoms with Crippen LogP contribution in [-0.2, 0) is 9.31 Å². The van der Waals surface area contributed by atoms with Gasteiger partial charge in [-0.15, -0.1) is 0 Å². The monoisotopic (exact) mass is 240 g/mol. The maximum Gasteiger partial charge on any atom is 0.516 e. The van der Waals surface area contributed by atoms with Crippen LogP contribution in [0.15, 0.2) is 12.4 Å². The summed E-state index contributed by atoms with van der Waals surface area (Å²) in [5.74, 6) is -0.0646. The van der Waals surface area contributed by atoms with Gasteiger partial charge in [0.15, 0.2) is 0 Å². The van der Waals surface area contributed by atoms with E-state index in [1.54, 1.807) is 0 Å². The molecule has 2 heterocycles. The lowest BCUT2D eigenvalue weighted by Gasteiger charge is -2.32. The molecule has 0 saturated carbocycles. The van der Waals surface area contributed by atoms with Gasteiger partial charge in [0.05, 0.1) is 34.1 Å². The van der Waals surface area contributed by atoms with Gasteiger partial charge in [-0.05, 0) is 27.7 Å². The van der Waals surface area contributed by atoms with Crippen molar-refractivity contribution in [2.75, 3.05) is 7.04 Å². The molecule has 1 aliphatic rings. The van der Waals surface area contributed by atoms with Crippen molar-refractivity contribution in [3.8, 4) is 5.88 Å². The summed E-state index contributed by atoms with van der Waals surface area (Å²) in [5.41, 5.74) is -0.456. The Labute approximate surface area is 106 Å². The molecular formula is C11H17BN2O3. The van der Waals surface area contributed by atoms with Crippen molar-refractivity contribution in [1.29, 1.82) is 0 Å². The average Bonchev–Trinajstić information content (AvgIpc) is 2.47. The Hall–Kier alpha value is -1.14. The fourth-order valence-corrected chi connectivity index (χ4v) is 1.46. The first-order chi connectivity index (χ1) is 9.00. The predicted molar refractivity (Wildman–Crippen MR) is 64.3 cm³/mol. The number of hydrogen-bond donors (Lipinski definition) is 0. The van der Waals surface area contributed by atoms with E-state index in [4.69, 9.17) is 13.4 Å². The zero-order chi connectivity index (χ0) is 15.2. The van der Waals surface area contributed by atoms with Crippen molar-refractivity contribution in [1.82, 2.24) is 9.97 Å². The molecule has 0 radical (unpaired) electrons. The molecule has 0 unspecified atom stereocenters. The largest absolute Gasteiger partial charge is 0.516 e. The van der Waals surface area contributed by atoms with Crippen LogP contribution < -0.4 is 10.3 Å². The van der Waals surface area contributed by atoms with Crippen LogP contribution in [0.3, 0.4) is 0 Å². The van der Waals surface area contributed by atoms with E-state index in [1.165, 1.54) is 12.4 Å². The average molecular weight is 240 g/mol. The molecule has 0 atom stereocenters. The molecule has 0 bridgehead atoms. The van der Waals surface area contributed by atoms with Gasteiger partial charge in [-0.25, -0.2) is 4.98 Å². The summed E-state index contributed by atoms with van der Waals surface area (Å²) in [6.07, 6.45) is 2.63. The summed E-state index contributed by atoms with van der Waals surface area (Å²) < 4.78 is 37.2. The Balaban J connectivity index is 2.12. The highest BCUT2D eigenvalue weighted by Crippen LogP contribution is 2.36. The molecule has 0 aliphatic carbocycles. The lowest BCUT2D eigenvalue weighted by Crippen LogP contribution is -2.41.